The van der Waals surface area contributed by atoms with Crippen LogP contribution in [-0.4, -0.2) is 12.0 Å². The molecule has 0 radical (unpaired) electrons. The third kappa shape index (κ3) is 3.14. The molecular formula is C14H18N2S. The Hall–Kier alpha value is -1.19. The smallest absolute Gasteiger partial charge is 0.0972 e. The molecule has 2 aromatic rings. The Morgan fingerprint density at radius 1 is 1.29 bits per heavy atom. The Morgan fingerprint density at radius 3 is 2.65 bits per heavy atom. The maximum atomic E-state index is 4.65. The summed E-state index contributed by atoms with van der Waals surface area (Å²) in [5.74, 6) is 0. The van der Waals surface area contributed by atoms with Gasteiger partial charge < -0.3 is 5.32 Å². The van der Waals surface area contributed by atoms with Crippen LogP contribution in [0.2, 0.25) is 0 Å². The Bertz CT molecular complexity index is 473. The summed E-state index contributed by atoms with van der Waals surface area (Å²) >= 11 is 1.74. The molecule has 1 atom stereocenters. The molecule has 0 amide bonds. The zero-order chi connectivity index (χ0) is 12.3. The van der Waals surface area contributed by atoms with Crippen LogP contribution >= 0.6 is 11.3 Å². The van der Waals surface area contributed by atoms with Crippen molar-refractivity contribution < 1.29 is 0 Å². The third-order valence-electron chi connectivity index (χ3n) is 2.92. The molecule has 0 aliphatic heterocycles. The Labute approximate surface area is 107 Å². The lowest BCUT2D eigenvalue weighted by molar-refractivity contribution is 0.635. The highest BCUT2D eigenvalue weighted by Crippen LogP contribution is 2.19. The van der Waals surface area contributed by atoms with E-state index < -0.39 is 0 Å². The van der Waals surface area contributed by atoms with Gasteiger partial charge in [-0.2, -0.15) is 0 Å². The summed E-state index contributed by atoms with van der Waals surface area (Å²) in [7, 11) is 1.96. The van der Waals surface area contributed by atoms with Crippen molar-refractivity contribution in [3.63, 3.8) is 0 Å². The van der Waals surface area contributed by atoms with Crippen molar-refractivity contribution in [2.24, 2.45) is 0 Å². The summed E-state index contributed by atoms with van der Waals surface area (Å²) in [6.07, 6.45) is 0.932. The average Bonchev–Trinajstić information content (AvgIpc) is 2.80. The summed E-state index contributed by atoms with van der Waals surface area (Å²) in [5.41, 5.74) is 3.77. The second kappa shape index (κ2) is 5.43. The maximum Gasteiger partial charge on any atom is 0.0972 e. The lowest BCUT2D eigenvalue weighted by Crippen LogP contribution is -2.12. The Balaban J connectivity index is 2.08. The van der Waals surface area contributed by atoms with Crippen molar-refractivity contribution in [3.8, 4) is 0 Å². The molecule has 3 heteroatoms. The van der Waals surface area contributed by atoms with Gasteiger partial charge in [-0.25, -0.2) is 4.98 Å². The number of hydrogen-bond acceptors (Lipinski definition) is 3. The fraction of sp³-hybridized carbons (Fsp3) is 0.357. The second-order valence-electron chi connectivity index (χ2n) is 4.34. The van der Waals surface area contributed by atoms with Crippen molar-refractivity contribution in [1.82, 2.24) is 10.3 Å². The highest BCUT2D eigenvalue weighted by molar-refractivity contribution is 7.09. The van der Waals surface area contributed by atoms with Gasteiger partial charge in [-0.3, -0.25) is 0 Å². The van der Waals surface area contributed by atoms with Crippen LogP contribution in [-0.2, 0) is 6.42 Å². The van der Waals surface area contributed by atoms with Crippen LogP contribution in [0.5, 0.6) is 0 Å². The summed E-state index contributed by atoms with van der Waals surface area (Å²) in [6.45, 7) is 4.24. The van der Waals surface area contributed by atoms with Crippen molar-refractivity contribution >= 4 is 11.3 Å². The number of thiazole rings is 1. The maximum absolute atomic E-state index is 4.65. The van der Waals surface area contributed by atoms with E-state index in [0.29, 0.717) is 6.04 Å². The molecule has 17 heavy (non-hydrogen) atoms. The van der Waals surface area contributed by atoms with Gasteiger partial charge in [-0.05, 0) is 26.5 Å². The second-order valence-corrected chi connectivity index (χ2v) is 5.28. The third-order valence-corrected chi connectivity index (χ3v) is 3.79. The molecular weight excluding hydrogens is 228 g/mol. The van der Waals surface area contributed by atoms with Crippen LogP contribution < -0.4 is 5.32 Å². The summed E-state index contributed by atoms with van der Waals surface area (Å²) < 4.78 is 0. The monoisotopic (exact) mass is 246 g/mol. The lowest BCUT2D eigenvalue weighted by atomic mass is 10.1. The van der Waals surface area contributed by atoms with Gasteiger partial charge in [0.15, 0.2) is 0 Å². The zero-order valence-electron chi connectivity index (χ0n) is 10.5. The molecule has 0 saturated carbocycles. The van der Waals surface area contributed by atoms with Crippen molar-refractivity contribution in [2.75, 3.05) is 7.05 Å². The average molecular weight is 246 g/mol. The molecule has 1 unspecified atom stereocenters. The number of benzene rings is 1. The summed E-state index contributed by atoms with van der Waals surface area (Å²) in [5, 5.41) is 6.54. The van der Waals surface area contributed by atoms with Gasteiger partial charge >= 0.3 is 0 Å². The topological polar surface area (TPSA) is 24.9 Å². The minimum absolute atomic E-state index is 0.331. The fourth-order valence-electron chi connectivity index (χ4n) is 1.63. The minimum atomic E-state index is 0.331. The Kier molecular flexibility index (Phi) is 3.92. The fourth-order valence-corrected chi connectivity index (χ4v) is 2.56. The number of nitrogens with zero attached hydrogens (tertiary/aromatic N) is 1. The van der Waals surface area contributed by atoms with E-state index in [4.69, 9.17) is 0 Å². The first kappa shape index (κ1) is 12.3. The predicted octanol–water partition coefficient (Wildman–Crippen LogP) is 3.32. The number of hydrogen-bond donors (Lipinski definition) is 1. The van der Waals surface area contributed by atoms with E-state index in [-0.39, 0.29) is 0 Å². The highest BCUT2D eigenvalue weighted by atomic mass is 32.1. The van der Waals surface area contributed by atoms with E-state index in [1.807, 2.05) is 7.05 Å². The molecule has 0 bridgehead atoms. The zero-order valence-corrected chi connectivity index (χ0v) is 11.3. The van der Waals surface area contributed by atoms with Crippen LogP contribution in [0.15, 0.2) is 29.6 Å². The van der Waals surface area contributed by atoms with Gasteiger partial charge in [-0.1, -0.05) is 29.8 Å². The molecule has 1 N–H and O–H groups in total. The first-order valence-corrected chi connectivity index (χ1v) is 6.74. The van der Waals surface area contributed by atoms with Gasteiger partial charge in [0.25, 0.3) is 0 Å². The molecule has 2 rings (SSSR count). The minimum Gasteiger partial charge on any atom is -0.312 e. The van der Waals surface area contributed by atoms with E-state index >= 15 is 0 Å². The largest absolute Gasteiger partial charge is 0.312 e. The normalized spacial score (nSPS) is 12.6. The van der Waals surface area contributed by atoms with E-state index in [1.165, 1.54) is 16.1 Å². The van der Waals surface area contributed by atoms with Gasteiger partial charge in [0.05, 0.1) is 10.7 Å². The lowest BCUT2D eigenvalue weighted by Gasteiger charge is -2.05. The molecule has 0 aliphatic carbocycles. The van der Waals surface area contributed by atoms with E-state index in [1.54, 1.807) is 11.3 Å². The molecule has 0 fully saturated rings. The Morgan fingerprint density at radius 2 is 2.00 bits per heavy atom. The predicted molar refractivity (Wildman–Crippen MR) is 73.6 cm³/mol. The van der Waals surface area contributed by atoms with Crippen LogP contribution in [0.4, 0.5) is 0 Å². The molecule has 0 aliphatic rings. The first-order chi connectivity index (χ1) is 8.19. The SMILES string of the molecule is CNC(C)c1csc(Cc2ccc(C)cc2)n1. The van der Waals surface area contributed by atoms with Crippen LogP contribution in [0.25, 0.3) is 0 Å². The van der Waals surface area contributed by atoms with E-state index in [2.05, 4.69) is 53.8 Å². The van der Waals surface area contributed by atoms with Crippen LogP contribution in [0.3, 0.4) is 0 Å². The number of nitrogens with one attached hydrogen (secondary N) is 1. The molecule has 1 aromatic heterocycles. The van der Waals surface area contributed by atoms with Crippen molar-refractivity contribution in [1.29, 1.82) is 0 Å². The molecule has 1 aromatic carbocycles. The quantitative estimate of drug-likeness (QED) is 0.895. The van der Waals surface area contributed by atoms with Gasteiger partial charge in [0.1, 0.15) is 0 Å². The summed E-state index contributed by atoms with van der Waals surface area (Å²) in [4.78, 5) is 4.65. The molecule has 0 spiro atoms. The van der Waals surface area contributed by atoms with Crippen LogP contribution in [0, 0.1) is 6.92 Å². The number of aromatic nitrogens is 1. The number of aryl methyl sites for hydroxylation is 1. The van der Waals surface area contributed by atoms with Crippen molar-refractivity contribution in [3.05, 3.63) is 51.5 Å². The van der Waals surface area contributed by atoms with Gasteiger partial charge in [0.2, 0.25) is 0 Å². The van der Waals surface area contributed by atoms with Crippen LogP contribution in [0.1, 0.15) is 34.8 Å². The highest BCUT2D eigenvalue weighted by Gasteiger charge is 2.08. The standard InChI is InChI=1S/C14H18N2S/c1-10-4-6-12(7-5-10)8-14-16-13(9-17-14)11(2)15-3/h4-7,9,11,15H,8H2,1-3H3. The van der Waals surface area contributed by atoms with Gasteiger partial charge in [0, 0.05) is 17.8 Å². The van der Waals surface area contributed by atoms with E-state index in [0.717, 1.165) is 12.1 Å². The molecule has 90 valence electrons. The van der Waals surface area contributed by atoms with Gasteiger partial charge in [-0.15, -0.1) is 11.3 Å². The molecule has 2 nitrogen and oxygen atoms in total. The van der Waals surface area contributed by atoms with Crippen molar-refractivity contribution in [2.45, 2.75) is 26.3 Å². The molecule has 0 saturated heterocycles. The molecule has 1 heterocycles. The first-order valence-electron chi connectivity index (χ1n) is 5.86. The van der Waals surface area contributed by atoms with E-state index in [9.17, 15) is 0 Å². The summed E-state index contributed by atoms with van der Waals surface area (Å²) in [6, 6.07) is 8.99. The number of rotatable bonds is 4.